The van der Waals surface area contributed by atoms with E-state index in [0.717, 1.165) is 0 Å². The topological polar surface area (TPSA) is 72.2 Å². The maximum Gasteiger partial charge on any atom is 0.179 e. The summed E-state index contributed by atoms with van der Waals surface area (Å²) in [7, 11) is 0. The van der Waals surface area contributed by atoms with E-state index in [-0.39, 0.29) is 21.5 Å². The van der Waals surface area contributed by atoms with Crippen molar-refractivity contribution in [3.8, 4) is 0 Å². The summed E-state index contributed by atoms with van der Waals surface area (Å²) in [5, 5.41) is 2.54. The van der Waals surface area contributed by atoms with Gasteiger partial charge < -0.3 is 11.1 Å². The number of halogens is 1. The zero-order valence-corrected chi connectivity index (χ0v) is 10.1. The van der Waals surface area contributed by atoms with Gasteiger partial charge in [-0.25, -0.2) is 0 Å². The van der Waals surface area contributed by atoms with Crippen LogP contribution in [0.1, 0.15) is 19.8 Å². The monoisotopic (exact) mass is 278 g/mol. The Morgan fingerprint density at radius 3 is 2.79 bits per heavy atom. The second-order valence-corrected chi connectivity index (χ2v) is 4.95. The van der Waals surface area contributed by atoms with Crippen LogP contribution < -0.4 is 11.1 Å². The van der Waals surface area contributed by atoms with Crippen LogP contribution in [0.5, 0.6) is 0 Å². The Bertz CT molecular complexity index is 308. The first-order valence-electron chi connectivity index (χ1n) is 4.17. The fourth-order valence-corrected chi connectivity index (χ4v) is 2.36. The van der Waals surface area contributed by atoms with E-state index in [1.54, 1.807) is 0 Å². The minimum absolute atomic E-state index is 0.0317. The molecule has 3 N–H and O–H groups in total. The van der Waals surface area contributed by atoms with E-state index >= 15 is 0 Å². The van der Waals surface area contributed by atoms with Crippen molar-refractivity contribution in [1.82, 2.24) is 5.32 Å². The highest BCUT2D eigenvalue weighted by Crippen LogP contribution is 2.26. The Hall–Kier alpha value is -0.490. The number of nitrogens with one attached hydrogen (secondary N) is 1. The van der Waals surface area contributed by atoms with E-state index in [0.29, 0.717) is 12.8 Å². The van der Waals surface area contributed by atoms with Gasteiger partial charge in [0.25, 0.3) is 0 Å². The first-order chi connectivity index (χ1) is 6.38. The molecule has 1 saturated carbocycles. The van der Waals surface area contributed by atoms with E-state index in [9.17, 15) is 9.59 Å². The molecule has 0 bridgehead atoms. The van der Waals surface area contributed by atoms with Gasteiger partial charge in [0.15, 0.2) is 22.2 Å². The third kappa shape index (κ3) is 1.95. The maximum atomic E-state index is 11.7. The van der Waals surface area contributed by atoms with E-state index < -0.39 is 5.54 Å². The minimum atomic E-state index is -1.25. The van der Waals surface area contributed by atoms with Gasteiger partial charge in [0, 0.05) is 6.42 Å². The molecule has 78 valence electrons. The molecule has 0 aromatic rings. The lowest BCUT2D eigenvalue weighted by molar-refractivity contribution is -0.137. The number of carbonyl (C=O) groups excluding carboxylic acids is 2. The molecule has 0 saturated heterocycles. The van der Waals surface area contributed by atoms with Gasteiger partial charge >= 0.3 is 0 Å². The van der Waals surface area contributed by atoms with Crippen LogP contribution >= 0.6 is 28.1 Å². The second kappa shape index (κ2) is 3.94. The predicted molar refractivity (Wildman–Crippen MR) is 60.3 cm³/mol. The molecule has 0 amide bonds. The summed E-state index contributed by atoms with van der Waals surface area (Å²) in [5.41, 5.74) is 4.03. The van der Waals surface area contributed by atoms with Crippen LogP contribution in [0.2, 0.25) is 0 Å². The predicted octanol–water partition coefficient (Wildman–Crippen LogP) is 0.274. The molecule has 0 heterocycles. The Morgan fingerprint density at radius 2 is 2.29 bits per heavy atom. The molecule has 6 heteroatoms. The fraction of sp³-hybridized carbons (Fsp3) is 0.625. The van der Waals surface area contributed by atoms with Gasteiger partial charge in [-0.1, -0.05) is 15.9 Å². The van der Waals surface area contributed by atoms with Crippen molar-refractivity contribution in [2.75, 3.05) is 0 Å². The Morgan fingerprint density at radius 1 is 1.71 bits per heavy atom. The van der Waals surface area contributed by atoms with E-state index in [1.165, 1.54) is 6.92 Å². The fourth-order valence-electron chi connectivity index (χ4n) is 1.47. The summed E-state index contributed by atoms with van der Waals surface area (Å²) < 4.78 is 0. The molecular formula is C8H11BrN2O2S. The molecule has 0 aromatic carbocycles. The lowest BCUT2D eigenvalue weighted by Gasteiger charge is -2.33. The Kier molecular flexibility index (Phi) is 3.26. The van der Waals surface area contributed by atoms with Crippen molar-refractivity contribution in [2.45, 2.75) is 30.1 Å². The van der Waals surface area contributed by atoms with Crippen LogP contribution in [0.4, 0.5) is 0 Å². The molecule has 14 heavy (non-hydrogen) atoms. The molecule has 0 aliphatic heterocycles. The summed E-state index contributed by atoms with van der Waals surface area (Å²) in [4.78, 5) is 23.0. The number of Topliss-reactive ketones (excluding diaryl/α,β-unsaturated/α-hetero) is 2. The first-order valence-corrected chi connectivity index (χ1v) is 5.49. The molecule has 1 aliphatic rings. The number of hydrogen-bond acceptors (Lipinski definition) is 3. The van der Waals surface area contributed by atoms with Gasteiger partial charge in [-0.2, -0.15) is 0 Å². The number of nitrogens with two attached hydrogens (primary N) is 1. The zero-order valence-electron chi connectivity index (χ0n) is 7.67. The lowest BCUT2D eigenvalue weighted by Crippen LogP contribution is -2.63. The van der Waals surface area contributed by atoms with Crippen LogP contribution in [-0.4, -0.2) is 27.0 Å². The van der Waals surface area contributed by atoms with Crippen LogP contribution in [-0.2, 0) is 9.59 Å². The van der Waals surface area contributed by atoms with Gasteiger partial charge in [0.2, 0.25) is 0 Å². The Labute approximate surface area is 95.7 Å². The standard InChI is InChI=1S/C8H11BrN2O2S/c1-8(11-7(10)14)5(12)3-2-4(9)6(8)13/h4H,2-3H2,1H3,(H3,10,11,14). The van der Waals surface area contributed by atoms with Gasteiger partial charge in [-0.05, 0) is 25.6 Å². The average Bonchev–Trinajstić information content (AvgIpc) is 2.08. The van der Waals surface area contributed by atoms with Crippen molar-refractivity contribution < 1.29 is 9.59 Å². The summed E-state index contributed by atoms with van der Waals surface area (Å²) in [5.74, 6) is -0.368. The summed E-state index contributed by atoms with van der Waals surface area (Å²) in [6.07, 6.45) is 0.889. The number of alkyl halides is 1. The SMILES string of the molecule is CC1(NC(N)=S)C(=O)CCC(Br)C1=O. The van der Waals surface area contributed by atoms with Crippen LogP contribution in [0.15, 0.2) is 0 Å². The Balaban J connectivity index is 2.95. The summed E-state index contributed by atoms with van der Waals surface area (Å²) >= 11 is 7.86. The molecule has 1 fully saturated rings. The van der Waals surface area contributed by atoms with Crippen LogP contribution in [0.25, 0.3) is 0 Å². The number of thiocarbonyl (C=S) groups is 1. The van der Waals surface area contributed by atoms with E-state index in [4.69, 9.17) is 5.73 Å². The van der Waals surface area contributed by atoms with Gasteiger partial charge in [0.05, 0.1) is 4.83 Å². The minimum Gasteiger partial charge on any atom is -0.376 e. The van der Waals surface area contributed by atoms with Crippen molar-refractivity contribution in [1.29, 1.82) is 0 Å². The normalized spacial score (nSPS) is 32.9. The highest BCUT2D eigenvalue weighted by atomic mass is 79.9. The molecule has 2 unspecified atom stereocenters. The number of carbonyl (C=O) groups is 2. The molecule has 2 atom stereocenters. The highest BCUT2D eigenvalue weighted by molar-refractivity contribution is 9.10. The molecule has 1 aliphatic carbocycles. The summed E-state index contributed by atoms with van der Waals surface area (Å²) in [6, 6.07) is 0. The molecule has 0 aromatic heterocycles. The zero-order chi connectivity index (χ0) is 10.9. The first kappa shape index (κ1) is 11.6. The van der Waals surface area contributed by atoms with Crippen molar-refractivity contribution in [3.63, 3.8) is 0 Å². The van der Waals surface area contributed by atoms with Crippen LogP contribution in [0, 0.1) is 0 Å². The van der Waals surface area contributed by atoms with E-state index in [2.05, 4.69) is 33.5 Å². The molecule has 1 rings (SSSR count). The highest BCUT2D eigenvalue weighted by Gasteiger charge is 2.46. The maximum absolute atomic E-state index is 11.7. The smallest absolute Gasteiger partial charge is 0.179 e. The molecule has 0 spiro atoms. The van der Waals surface area contributed by atoms with Gasteiger partial charge in [-0.15, -0.1) is 0 Å². The van der Waals surface area contributed by atoms with Crippen molar-refractivity contribution in [2.24, 2.45) is 5.73 Å². The average molecular weight is 279 g/mol. The second-order valence-electron chi connectivity index (χ2n) is 3.41. The molecular weight excluding hydrogens is 268 g/mol. The number of ketones is 2. The molecule has 0 radical (unpaired) electrons. The third-order valence-electron chi connectivity index (χ3n) is 2.33. The number of rotatable bonds is 1. The lowest BCUT2D eigenvalue weighted by atomic mass is 9.81. The molecule has 4 nitrogen and oxygen atoms in total. The van der Waals surface area contributed by atoms with E-state index in [1.807, 2.05) is 0 Å². The van der Waals surface area contributed by atoms with Crippen molar-refractivity contribution >= 4 is 44.8 Å². The van der Waals surface area contributed by atoms with Gasteiger partial charge in [-0.3, -0.25) is 9.59 Å². The third-order valence-corrected chi connectivity index (χ3v) is 3.31. The number of hydrogen-bond donors (Lipinski definition) is 2. The van der Waals surface area contributed by atoms with Crippen LogP contribution in [0.3, 0.4) is 0 Å². The largest absolute Gasteiger partial charge is 0.376 e. The quantitative estimate of drug-likeness (QED) is 0.409. The van der Waals surface area contributed by atoms with Gasteiger partial charge in [0.1, 0.15) is 0 Å². The summed E-state index contributed by atoms with van der Waals surface area (Å²) in [6.45, 7) is 1.52. The van der Waals surface area contributed by atoms with Crippen molar-refractivity contribution in [3.05, 3.63) is 0 Å².